The number of rotatable bonds is 5. The number of sulfone groups is 1. The van der Waals surface area contributed by atoms with E-state index >= 15 is 0 Å². The van der Waals surface area contributed by atoms with Gasteiger partial charge in [-0.15, -0.1) is 0 Å². The third-order valence-corrected chi connectivity index (χ3v) is 4.29. The smallest absolute Gasteiger partial charge is 0.469 e. The first-order chi connectivity index (χ1) is 9.82. The highest BCUT2D eigenvalue weighted by Gasteiger charge is 2.47. The quantitative estimate of drug-likeness (QED) is 0.919. The van der Waals surface area contributed by atoms with E-state index in [4.69, 9.17) is 4.42 Å². The van der Waals surface area contributed by atoms with Gasteiger partial charge in [-0.2, -0.15) is 13.2 Å². The van der Waals surface area contributed by atoms with Crippen LogP contribution in [0.25, 0.3) is 0 Å². The van der Waals surface area contributed by atoms with Crippen LogP contribution in [-0.4, -0.2) is 20.5 Å². The predicted molar refractivity (Wildman–Crippen MR) is 70.6 cm³/mol. The lowest BCUT2D eigenvalue weighted by molar-refractivity contribution is -0.0435. The molecule has 0 fully saturated rings. The van der Waals surface area contributed by atoms with Gasteiger partial charge in [0.1, 0.15) is 5.76 Å². The zero-order valence-corrected chi connectivity index (χ0v) is 11.5. The molecule has 0 saturated carbocycles. The van der Waals surface area contributed by atoms with Crippen LogP contribution in [-0.2, 0) is 16.3 Å². The van der Waals surface area contributed by atoms with Gasteiger partial charge < -0.3 is 9.73 Å². The maximum absolute atomic E-state index is 12.6. The Morgan fingerprint density at radius 3 is 2.43 bits per heavy atom. The number of benzene rings is 1. The van der Waals surface area contributed by atoms with Gasteiger partial charge in [-0.1, -0.05) is 12.1 Å². The zero-order chi connectivity index (χ0) is 15.5. The van der Waals surface area contributed by atoms with Crippen LogP contribution in [0.4, 0.5) is 18.9 Å². The molecule has 0 bridgehead atoms. The molecule has 1 N–H and O–H groups in total. The van der Waals surface area contributed by atoms with Crippen LogP contribution >= 0.6 is 0 Å². The van der Waals surface area contributed by atoms with Gasteiger partial charge in [0.25, 0.3) is 9.84 Å². The molecule has 114 valence electrons. The molecule has 0 amide bonds. The van der Waals surface area contributed by atoms with Crippen molar-refractivity contribution in [1.29, 1.82) is 0 Å². The van der Waals surface area contributed by atoms with Gasteiger partial charge in [0.05, 0.1) is 16.8 Å². The van der Waals surface area contributed by atoms with Gasteiger partial charge in [-0.05, 0) is 24.3 Å². The highest BCUT2D eigenvalue weighted by molar-refractivity contribution is 7.92. The Labute approximate surface area is 119 Å². The van der Waals surface area contributed by atoms with Crippen molar-refractivity contribution in [1.82, 2.24) is 0 Å². The second-order valence-electron chi connectivity index (χ2n) is 4.20. The summed E-state index contributed by atoms with van der Waals surface area (Å²) in [5.74, 6) is 0.652. The minimum Gasteiger partial charge on any atom is -0.469 e. The Bertz CT molecular complexity index is 694. The fourth-order valence-corrected chi connectivity index (χ4v) is 2.68. The Morgan fingerprint density at radius 1 is 1.10 bits per heavy atom. The number of furan rings is 1. The number of halogens is 3. The molecule has 0 spiro atoms. The van der Waals surface area contributed by atoms with Crippen LogP contribution in [0.5, 0.6) is 0 Å². The molecular formula is C13H12F3NO3S. The van der Waals surface area contributed by atoms with E-state index in [0.717, 1.165) is 6.07 Å². The molecule has 0 aliphatic heterocycles. The van der Waals surface area contributed by atoms with Gasteiger partial charge in [0.2, 0.25) is 0 Å². The summed E-state index contributed by atoms with van der Waals surface area (Å²) in [6, 6.07) is 8.34. The van der Waals surface area contributed by atoms with Crippen molar-refractivity contribution < 1.29 is 26.0 Å². The maximum atomic E-state index is 12.6. The van der Waals surface area contributed by atoms with Crippen LogP contribution in [0.3, 0.4) is 0 Å². The summed E-state index contributed by atoms with van der Waals surface area (Å²) in [4.78, 5) is -0.781. The van der Waals surface area contributed by atoms with Crippen LogP contribution < -0.4 is 5.32 Å². The molecular weight excluding hydrogens is 307 g/mol. The molecule has 0 saturated heterocycles. The Hall–Kier alpha value is -1.96. The third kappa shape index (κ3) is 3.38. The first-order valence-corrected chi connectivity index (χ1v) is 7.47. The minimum absolute atomic E-state index is 0.0821. The predicted octanol–water partition coefficient (Wildman–Crippen LogP) is 3.23. The van der Waals surface area contributed by atoms with Gasteiger partial charge in [-0.25, -0.2) is 8.42 Å². The van der Waals surface area contributed by atoms with Gasteiger partial charge in [-0.3, -0.25) is 0 Å². The minimum atomic E-state index is -5.38. The molecule has 8 heteroatoms. The Kier molecular flexibility index (Phi) is 4.26. The molecule has 4 nitrogen and oxygen atoms in total. The standard InChI is InChI=1S/C13H12F3NO3S/c14-13(15,16)21(18,19)12-6-2-1-5-11(12)17-8-7-10-4-3-9-20-10/h1-6,9,17H,7-8H2. The summed E-state index contributed by atoms with van der Waals surface area (Å²) in [5.41, 5.74) is -5.41. The summed E-state index contributed by atoms with van der Waals surface area (Å²) in [7, 11) is -5.38. The van der Waals surface area contributed by atoms with E-state index in [9.17, 15) is 21.6 Å². The monoisotopic (exact) mass is 319 g/mol. The highest BCUT2D eigenvalue weighted by atomic mass is 32.2. The first-order valence-electron chi connectivity index (χ1n) is 5.99. The van der Waals surface area contributed by atoms with Crippen LogP contribution in [0.15, 0.2) is 52.0 Å². The van der Waals surface area contributed by atoms with Crippen molar-refractivity contribution in [2.24, 2.45) is 0 Å². The SMILES string of the molecule is O=S(=O)(c1ccccc1NCCc1ccco1)C(F)(F)F. The summed E-state index contributed by atoms with van der Waals surface area (Å²) in [6.45, 7) is 0.248. The van der Waals surface area contributed by atoms with Crippen molar-refractivity contribution in [3.8, 4) is 0 Å². The molecule has 0 unspecified atom stereocenters. The van der Waals surface area contributed by atoms with Gasteiger partial charge in [0.15, 0.2) is 0 Å². The van der Waals surface area contributed by atoms with Crippen molar-refractivity contribution in [2.45, 2.75) is 16.8 Å². The highest BCUT2D eigenvalue weighted by Crippen LogP contribution is 2.34. The average Bonchev–Trinajstić information content (AvgIpc) is 2.91. The molecule has 1 heterocycles. The molecule has 0 aliphatic carbocycles. The van der Waals surface area contributed by atoms with Crippen molar-refractivity contribution in [3.63, 3.8) is 0 Å². The van der Waals surface area contributed by atoms with E-state index in [-0.39, 0.29) is 12.2 Å². The van der Waals surface area contributed by atoms with Crippen LogP contribution in [0.1, 0.15) is 5.76 Å². The summed E-state index contributed by atoms with van der Waals surface area (Å²) >= 11 is 0. The summed E-state index contributed by atoms with van der Waals surface area (Å²) < 4.78 is 65.9. The van der Waals surface area contributed by atoms with Crippen molar-refractivity contribution in [2.75, 3.05) is 11.9 Å². The molecule has 0 atom stereocenters. The zero-order valence-electron chi connectivity index (χ0n) is 10.7. The van der Waals surface area contributed by atoms with E-state index < -0.39 is 20.2 Å². The Morgan fingerprint density at radius 2 is 1.81 bits per heavy atom. The van der Waals surface area contributed by atoms with Crippen molar-refractivity contribution >= 4 is 15.5 Å². The lowest BCUT2D eigenvalue weighted by Crippen LogP contribution is -2.24. The number of anilines is 1. The molecule has 21 heavy (non-hydrogen) atoms. The molecule has 1 aromatic carbocycles. The van der Waals surface area contributed by atoms with Gasteiger partial charge in [0, 0.05) is 13.0 Å². The van der Waals surface area contributed by atoms with E-state index in [2.05, 4.69) is 5.32 Å². The van der Waals surface area contributed by atoms with E-state index in [1.807, 2.05) is 0 Å². The number of hydrogen-bond donors (Lipinski definition) is 1. The third-order valence-electron chi connectivity index (χ3n) is 2.75. The normalized spacial score (nSPS) is 12.3. The number of para-hydroxylation sites is 1. The fourth-order valence-electron chi connectivity index (χ4n) is 1.75. The summed E-state index contributed by atoms with van der Waals surface area (Å²) in [6.07, 6.45) is 1.91. The number of nitrogens with one attached hydrogen (secondary N) is 1. The maximum Gasteiger partial charge on any atom is 0.501 e. The average molecular weight is 319 g/mol. The fraction of sp³-hybridized carbons (Fsp3) is 0.231. The van der Waals surface area contributed by atoms with Crippen LogP contribution in [0.2, 0.25) is 0 Å². The van der Waals surface area contributed by atoms with Gasteiger partial charge >= 0.3 is 5.51 Å². The topological polar surface area (TPSA) is 59.3 Å². The van der Waals surface area contributed by atoms with E-state index in [1.165, 1.54) is 24.5 Å². The second kappa shape index (κ2) is 5.80. The first kappa shape index (κ1) is 15.4. The Balaban J connectivity index is 2.18. The molecule has 0 aliphatic rings. The van der Waals surface area contributed by atoms with Crippen LogP contribution in [0, 0.1) is 0 Å². The van der Waals surface area contributed by atoms with Crippen molar-refractivity contribution in [3.05, 3.63) is 48.4 Å². The number of hydrogen-bond acceptors (Lipinski definition) is 4. The summed E-state index contributed by atoms with van der Waals surface area (Å²) in [5, 5.41) is 2.69. The molecule has 1 aromatic heterocycles. The second-order valence-corrected chi connectivity index (χ2v) is 6.11. The lowest BCUT2D eigenvalue weighted by Gasteiger charge is -2.13. The largest absolute Gasteiger partial charge is 0.501 e. The molecule has 2 rings (SSSR count). The molecule has 0 radical (unpaired) electrons. The van der Waals surface area contributed by atoms with E-state index in [1.54, 1.807) is 12.1 Å². The molecule has 2 aromatic rings. The lowest BCUT2D eigenvalue weighted by atomic mass is 10.3. The van der Waals surface area contributed by atoms with E-state index in [0.29, 0.717) is 12.2 Å². The number of alkyl halides is 3.